The van der Waals surface area contributed by atoms with E-state index in [0.717, 1.165) is 41.9 Å². The van der Waals surface area contributed by atoms with E-state index in [1.54, 1.807) is 19.0 Å². The Hall–Kier alpha value is -3.41. The van der Waals surface area contributed by atoms with Crippen LogP contribution in [0.25, 0.3) is 10.9 Å². The quantitative estimate of drug-likeness (QED) is 0.469. The molecule has 0 fully saturated rings. The lowest BCUT2D eigenvalue weighted by molar-refractivity contribution is 0.0827. The molecule has 0 saturated carbocycles. The van der Waals surface area contributed by atoms with Crippen molar-refractivity contribution in [1.29, 1.82) is 0 Å². The highest BCUT2D eigenvalue weighted by molar-refractivity contribution is 5.93. The summed E-state index contributed by atoms with van der Waals surface area (Å²) in [6, 6.07) is 17.9. The van der Waals surface area contributed by atoms with Crippen molar-refractivity contribution >= 4 is 22.8 Å². The van der Waals surface area contributed by atoms with Crippen molar-refractivity contribution in [1.82, 2.24) is 20.5 Å². The molecule has 3 aromatic rings. The molecule has 0 unspecified atom stereocenters. The Balaban J connectivity index is 1.60. The number of fused-ring (bicyclic) bond motifs is 1. The summed E-state index contributed by atoms with van der Waals surface area (Å²) in [5, 5.41) is 7.84. The van der Waals surface area contributed by atoms with Crippen molar-refractivity contribution in [3.63, 3.8) is 0 Å². The van der Waals surface area contributed by atoms with Crippen LogP contribution in [0.3, 0.4) is 0 Å². The summed E-state index contributed by atoms with van der Waals surface area (Å²) < 4.78 is 0. The number of benzene rings is 2. The van der Waals surface area contributed by atoms with Gasteiger partial charge >= 0.3 is 0 Å². The smallest absolute Gasteiger partial charge is 0.253 e. The van der Waals surface area contributed by atoms with Crippen molar-refractivity contribution in [3.8, 4) is 0 Å². The van der Waals surface area contributed by atoms with Gasteiger partial charge in [-0.05, 0) is 42.7 Å². The van der Waals surface area contributed by atoms with E-state index in [1.807, 2.05) is 43.5 Å². The third-order valence-corrected chi connectivity index (χ3v) is 4.77. The van der Waals surface area contributed by atoms with Gasteiger partial charge in [0.2, 0.25) is 0 Å². The molecular weight excluding hydrogens is 374 g/mol. The molecule has 0 spiro atoms. The zero-order chi connectivity index (χ0) is 21.3. The molecule has 6 nitrogen and oxygen atoms in total. The Bertz CT molecular complexity index is 1010. The van der Waals surface area contributed by atoms with Crippen molar-refractivity contribution in [2.45, 2.75) is 19.9 Å². The Morgan fingerprint density at radius 3 is 2.53 bits per heavy atom. The highest BCUT2D eigenvalue weighted by atomic mass is 16.2. The van der Waals surface area contributed by atoms with Gasteiger partial charge in [-0.2, -0.15) is 0 Å². The molecule has 3 rings (SSSR count). The van der Waals surface area contributed by atoms with E-state index >= 15 is 0 Å². The zero-order valence-corrected chi connectivity index (χ0v) is 17.9. The molecule has 0 radical (unpaired) electrons. The Kier molecular flexibility index (Phi) is 7.38. The number of pyridine rings is 1. The lowest BCUT2D eigenvalue weighted by atomic mass is 10.1. The number of hydrogen-bond acceptors (Lipinski definition) is 3. The van der Waals surface area contributed by atoms with Crippen LogP contribution in [0.2, 0.25) is 0 Å². The summed E-state index contributed by atoms with van der Waals surface area (Å²) in [7, 11) is 3.51. The van der Waals surface area contributed by atoms with Crippen LogP contribution in [0.4, 0.5) is 0 Å². The second-order valence-corrected chi connectivity index (χ2v) is 7.26. The molecule has 0 aliphatic rings. The van der Waals surface area contributed by atoms with Crippen molar-refractivity contribution in [2.24, 2.45) is 4.99 Å². The lowest BCUT2D eigenvalue weighted by Gasteiger charge is -2.12. The SMILES string of the molecule is CCNC(=NCc1ccc(C(=O)N(C)C)cc1)NCCc1cccc2cccnc12. The van der Waals surface area contributed by atoms with E-state index in [1.165, 1.54) is 5.56 Å². The minimum atomic E-state index is 0.00276. The first kappa shape index (κ1) is 21.3. The average molecular weight is 404 g/mol. The fourth-order valence-electron chi connectivity index (χ4n) is 3.21. The van der Waals surface area contributed by atoms with E-state index in [4.69, 9.17) is 0 Å². The minimum Gasteiger partial charge on any atom is -0.357 e. The standard InChI is InChI=1S/C24H29N5O/c1-4-25-24(28-17-18-10-12-21(13-11-18)23(30)29(2)3)27-16-14-20-8-5-7-19-9-6-15-26-22(19)20/h5-13,15H,4,14,16-17H2,1-3H3,(H2,25,27,28). The third-order valence-electron chi connectivity index (χ3n) is 4.77. The molecule has 6 heteroatoms. The van der Waals surface area contributed by atoms with Gasteiger partial charge < -0.3 is 15.5 Å². The predicted octanol–water partition coefficient (Wildman–Crippen LogP) is 3.23. The molecule has 2 N–H and O–H groups in total. The second-order valence-electron chi connectivity index (χ2n) is 7.26. The summed E-state index contributed by atoms with van der Waals surface area (Å²) in [4.78, 5) is 22.8. The Morgan fingerprint density at radius 1 is 1.03 bits per heavy atom. The molecule has 0 saturated heterocycles. The summed E-state index contributed by atoms with van der Waals surface area (Å²) in [5.41, 5.74) is 4.01. The van der Waals surface area contributed by atoms with Crippen LogP contribution in [-0.4, -0.2) is 48.9 Å². The molecule has 0 aliphatic heterocycles. The zero-order valence-electron chi connectivity index (χ0n) is 17.9. The van der Waals surface area contributed by atoms with Gasteiger partial charge in [0.1, 0.15) is 0 Å². The van der Waals surface area contributed by atoms with E-state index in [2.05, 4.69) is 44.9 Å². The van der Waals surface area contributed by atoms with Gasteiger partial charge in [-0.25, -0.2) is 4.99 Å². The van der Waals surface area contributed by atoms with Crippen LogP contribution in [0, 0.1) is 0 Å². The Labute approximate surface area is 178 Å². The molecule has 2 aromatic carbocycles. The van der Waals surface area contributed by atoms with Gasteiger partial charge in [0, 0.05) is 44.3 Å². The van der Waals surface area contributed by atoms with Crippen LogP contribution < -0.4 is 10.6 Å². The molecule has 0 atom stereocenters. The molecule has 1 aromatic heterocycles. The number of guanidine groups is 1. The van der Waals surface area contributed by atoms with Gasteiger partial charge in [0.05, 0.1) is 12.1 Å². The Morgan fingerprint density at radius 2 is 1.80 bits per heavy atom. The maximum atomic E-state index is 12.0. The van der Waals surface area contributed by atoms with E-state index in [-0.39, 0.29) is 5.91 Å². The lowest BCUT2D eigenvalue weighted by Crippen LogP contribution is -2.38. The summed E-state index contributed by atoms with van der Waals surface area (Å²) >= 11 is 0. The van der Waals surface area contributed by atoms with Gasteiger partial charge in [0.15, 0.2) is 5.96 Å². The second kappa shape index (κ2) is 10.4. The average Bonchev–Trinajstić information content (AvgIpc) is 2.77. The minimum absolute atomic E-state index is 0.00276. The van der Waals surface area contributed by atoms with Crippen molar-refractivity contribution in [3.05, 3.63) is 77.5 Å². The number of aliphatic imine (C=N–C) groups is 1. The maximum Gasteiger partial charge on any atom is 0.253 e. The first-order valence-corrected chi connectivity index (χ1v) is 10.2. The number of carbonyl (C=O) groups is 1. The van der Waals surface area contributed by atoms with Gasteiger partial charge in [-0.1, -0.05) is 36.4 Å². The van der Waals surface area contributed by atoms with E-state index in [9.17, 15) is 4.79 Å². The van der Waals surface area contributed by atoms with Crippen LogP contribution in [0.15, 0.2) is 65.8 Å². The number of amides is 1. The normalized spacial score (nSPS) is 11.4. The number of nitrogens with zero attached hydrogens (tertiary/aromatic N) is 3. The van der Waals surface area contributed by atoms with Crippen LogP contribution in [0.5, 0.6) is 0 Å². The maximum absolute atomic E-state index is 12.0. The summed E-state index contributed by atoms with van der Waals surface area (Å²) in [6.45, 7) is 4.14. The highest BCUT2D eigenvalue weighted by Gasteiger charge is 2.07. The predicted molar refractivity (Wildman–Crippen MR) is 123 cm³/mol. The summed E-state index contributed by atoms with van der Waals surface area (Å²) in [5.74, 6) is 0.780. The number of carbonyl (C=O) groups excluding carboxylic acids is 1. The van der Waals surface area contributed by atoms with Crippen LogP contribution >= 0.6 is 0 Å². The molecule has 30 heavy (non-hydrogen) atoms. The number of aromatic nitrogens is 1. The first-order valence-electron chi connectivity index (χ1n) is 10.2. The number of rotatable bonds is 7. The van der Waals surface area contributed by atoms with Gasteiger partial charge in [-0.3, -0.25) is 9.78 Å². The van der Waals surface area contributed by atoms with E-state index in [0.29, 0.717) is 12.1 Å². The largest absolute Gasteiger partial charge is 0.357 e. The number of hydrogen-bond donors (Lipinski definition) is 2. The third kappa shape index (κ3) is 5.56. The van der Waals surface area contributed by atoms with Crippen LogP contribution in [0.1, 0.15) is 28.4 Å². The van der Waals surface area contributed by atoms with Crippen molar-refractivity contribution < 1.29 is 4.79 Å². The highest BCUT2D eigenvalue weighted by Crippen LogP contribution is 2.16. The molecule has 0 bridgehead atoms. The number of nitrogens with one attached hydrogen (secondary N) is 2. The fourth-order valence-corrected chi connectivity index (χ4v) is 3.21. The molecular formula is C24H29N5O. The summed E-state index contributed by atoms with van der Waals surface area (Å²) in [6.07, 6.45) is 2.70. The van der Waals surface area contributed by atoms with E-state index < -0.39 is 0 Å². The topological polar surface area (TPSA) is 69.6 Å². The monoisotopic (exact) mass is 403 g/mol. The molecule has 1 heterocycles. The van der Waals surface area contributed by atoms with Gasteiger partial charge in [0.25, 0.3) is 5.91 Å². The number of para-hydroxylation sites is 1. The molecule has 1 amide bonds. The van der Waals surface area contributed by atoms with Gasteiger partial charge in [-0.15, -0.1) is 0 Å². The molecule has 0 aliphatic carbocycles. The fraction of sp³-hybridized carbons (Fsp3) is 0.292. The van der Waals surface area contributed by atoms with Crippen molar-refractivity contribution in [2.75, 3.05) is 27.2 Å². The first-order chi connectivity index (χ1) is 14.6. The molecule has 156 valence electrons. The van der Waals surface area contributed by atoms with Crippen LogP contribution in [-0.2, 0) is 13.0 Å².